The first-order valence-corrected chi connectivity index (χ1v) is 32.6. The number of para-hydroxylation sites is 2. The second-order valence-electron chi connectivity index (χ2n) is 28.7. The van der Waals surface area contributed by atoms with Gasteiger partial charge in [0.2, 0.25) is 0 Å². The molecule has 1 aromatic heterocycles. The summed E-state index contributed by atoms with van der Waals surface area (Å²) in [6, 6.07) is 102. The third kappa shape index (κ3) is 9.82. The summed E-state index contributed by atoms with van der Waals surface area (Å²) in [7, 11) is 0. The number of hydrogen-bond donors (Lipinski definition) is 0. The Morgan fingerprint density at radius 2 is 0.648 bits per heavy atom. The smallest absolute Gasteiger partial charge is 0.252 e. The number of nitrogens with zero attached hydrogens (tertiary/aromatic N) is 3. The molecule has 0 atom stereocenters. The first kappa shape index (κ1) is 57.5. The molecule has 4 heteroatoms. The summed E-state index contributed by atoms with van der Waals surface area (Å²) in [6.07, 6.45) is 0. The molecule has 2 aliphatic heterocycles. The Kier molecular flexibility index (Phi) is 13.9. The Balaban J connectivity index is 1.17. The molecule has 0 saturated heterocycles. The van der Waals surface area contributed by atoms with Crippen LogP contribution in [0.15, 0.2) is 267 Å². The molecule has 444 valence electrons. The quantitative estimate of drug-likeness (QED) is 0.133. The maximum atomic E-state index is 2.74. The molecule has 0 saturated carbocycles. The van der Waals surface area contributed by atoms with Gasteiger partial charge < -0.3 is 14.4 Å². The molecule has 0 bridgehead atoms. The molecule has 0 N–H and O–H groups in total. The molecule has 13 aromatic rings. The van der Waals surface area contributed by atoms with Crippen LogP contribution in [0.1, 0.15) is 104 Å². The second kappa shape index (κ2) is 22.0. The minimum absolute atomic E-state index is 0.158. The average molecular weight is 1180 g/mol. The van der Waals surface area contributed by atoms with E-state index in [4.69, 9.17) is 0 Å². The van der Waals surface area contributed by atoms with Crippen LogP contribution in [0, 0.1) is 0 Å². The molecule has 2 aliphatic rings. The second-order valence-corrected chi connectivity index (χ2v) is 28.7. The van der Waals surface area contributed by atoms with Crippen LogP contribution in [0.4, 0.5) is 34.1 Å². The minimum Gasteiger partial charge on any atom is -0.310 e. The molecule has 0 radical (unpaired) electrons. The van der Waals surface area contributed by atoms with Crippen molar-refractivity contribution in [3.63, 3.8) is 0 Å². The van der Waals surface area contributed by atoms with Crippen LogP contribution in [0.3, 0.4) is 0 Å². The highest BCUT2D eigenvalue weighted by atomic mass is 15.2. The molecule has 0 aliphatic carbocycles. The third-order valence-corrected chi connectivity index (χ3v) is 19.4. The maximum Gasteiger partial charge on any atom is 0.252 e. The van der Waals surface area contributed by atoms with E-state index in [1.165, 1.54) is 139 Å². The molecule has 12 aromatic carbocycles. The predicted molar refractivity (Wildman–Crippen MR) is 392 cm³/mol. The van der Waals surface area contributed by atoms with Crippen molar-refractivity contribution in [2.75, 3.05) is 9.80 Å². The van der Waals surface area contributed by atoms with Gasteiger partial charge in [-0.1, -0.05) is 276 Å². The van der Waals surface area contributed by atoms with Gasteiger partial charge in [0.25, 0.3) is 6.71 Å². The monoisotopic (exact) mass is 1180 g/mol. The Morgan fingerprint density at radius 3 is 1.02 bits per heavy atom. The molecule has 91 heavy (non-hydrogen) atoms. The van der Waals surface area contributed by atoms with Crippen molar-refractivity contribution >= 4 is 79.0 Å². The molecule has 15 rings (SSSR count). The van der Waals surface area contributed by atoms with Gasteiger partial charge in [-0.3, -0.25) is 0 Å². The fourth-order valence-corrected chi connectivity index (χ4v) is 14.6. The van der Waals surface area contributed by atoms with Gasteiger partial charge in [-0.25, -0.2) is 0 Å². The van der Waals surface area contributed by atoms with Crippen molar-refractivity contribution in [3.8, 4) is 61.3 Å². The van der Waals surface area contributed by atoms with E-state index in [-0.39, 0.29) is 28.9 Å². The summed E-state index contributed by atoms with van der Waals surface area (Å²) in [5.74, 6) is 0.206. The van der Waals surface area contributed by atoms with E-state index < -0.39 is 0 Å². The highest BCUT2D eigenvalue weighted by Crippen LogP contribution is 2.56. The zero-order chi connectivity index (χ0) is 62.7. The van der Waals surface area contributed by atoms with Crippen LogP contribution in [0.2, 0.25) is 0 Å². The standard InChI is InChI=1S/C87H78BN3/c1-56(2)68-55-79-75(54-69(68)57-31-17-12-18-32-57)88-74-46-45-65(89-76-43-29-27-41-66(76)67-42-28-30-44-77(67)89)53-78(74)90(83-70(58-33-19-13-20-34-58)47-62(85(3,4)5)48-71(83)59-35-21-14-22-36-59)80-51-64(87(9,10)11)52-81(82(80)88)91(79)84-72(60-37-23-15-24-38-60)49-63(86(6,7)8)50-73(84)61-39-25-16-26-40-61/h12-56H,1-11H3. The molecule has 0 amide bonds. The zero-order valence-corrected chi connectivity index (χ0v) is 54.4. The summed E-state index contributed by atoms with van der Waals surface area (Å²) in [5, 5.41) is 2.48. The Morgan fingerprint density at radius 1 is 0.308 bits per heavy atom. The number of anilines is 6. The van der Waals surface area contributed by atoms with Crippen LogP contribution in [-0.2, 0) is 16.2 Å². The fourth-order valence-electron chi connectivity index (χ4n) is 14.6. The molecule has 3 heterocycles. The number of rotatable bonds is 9. The summed E-state index contributed by atoms with van der Waals surface area (Å²) < 4.78 is 2.50. The number of hydrogen-bond acceptors (Lipinski definition) is 2. The topological polar surface area (TPSA) is 11.4 Å². The zero-order valence-electron chi connectivity index (χ0n) is 54.4. The Bertz CT molecular complexity index is 4770. The minimum atomic E-state index is -0.286. The average Bonchev–Trinajstić information content (AvgIpc) is 1.01. The van der Waals surface area contributed by atoms with E-state index in [9.17, 15) is 0 Å². The summed E-state index contributed by atoms with van der Waals surface area (Å²) in [4.78, 5) is 5.48. The number of aromatic nitrogens is 1. The lowest BCUT2D eigenvalue weighted by Gasteiger charge is -2.47. The lowest BCUT2D eigenvalue weighted by atomic mass is 9.33. The number of benzene rings is 12. The van der Waals surface area contributed by atoms with Crippen molar-refractivity contribution in [1.29, 1.82) is 0 Å². The van der Waals surface area contributed by atoms with E-state index in [0.717, 1.165) is 17.1 Å². The van der Waals surface area contributed by atoms with Crippen molar-refractivity contribution in [1.82, 2.24) is 4.57 Å². The largest absolute Gasteiger partial charge is 0.310 e. The van der Waals surface area contributed by atoms with Gasteiger partial charge in [-0.05, 0) is 161 Å². The summed E-state index contributed by atoms with van der Waals surface area (Å²) in [5.41, 5.74) is 30.8. The maximum absolute atomic E-state index is 2.74. The van der Waals surface area contributed by atoms with E-state index in [2.05, 4.69) is 357 Å². The van der Waals surface area contributed by atoms with E-state index in [0.29, 0.717) is 0 Å². The Labute approximate surface area is 539 Å². The molecule has 3 nitrogen and oxygen atoms in total. The number of fused-ring (bicyclic) bond motifs is 7. The van der Waals surface area contributed by atoms with Gasteiger partial charge >= 0.3 is 0 Å². The van der Waals surface area contributed by atoms with Gasteiger partial charge in [-0.15, -0.1) is 0 Å². The lowest BCUT2D eigenvalue weighted by Crippen LogP contribution is -2.61. The molecule has 0 spiro atoms. The summed E-state index contributed by atoms with van der Waals surface area (Å²) in [6.45, 7) is 25.9. The molecular weight excluding hydrogens is 1100 g/mol. The van der Waals surface area contributed by atoms with Crippen LogP contribution < -0.4 is 26.2 Å². The lowest BCUT2D eigenvalue weighted by molar-refractivity contribution is 0.590. The van der Waals surface area contributed by atoms with Gasteiger partial charge in [0.1, 0.15) is 0 Å². The molecule has 0 fully saturated rings. The van der Waals surface area contributed by atoms with Gasteiger partial charge in [0.15, 0.2) is 0 Å². The normalized spacial score (nSPS) is 13.0. The Hall–Kier alpha value is -9.90. The van der Waals surface area contributed by atoms with E-state index >= 15 is 0 Å². The van der Waals surface area contributed by atoms with Gasteiger partial charge in [0.05, 0.1) is 22.4 Å². The van der Waals surface area contributed by atoms with Gasteiger partial charge in [0, 0.05) is 61.5 Å². The first-order chi connectivity index (χ1) is 43.9. The van der Waals surface area contributed by atoms with Crippen LogP contribution in [-0.4, -0.2) is 11.3 Å². The predicted octanol–water partition coefficient (Wildman–Crippen LogP) is 22.2. The van der Waals surface area contributed by atoms with E-state index in [1.807, 2.05) is 0 Å². The summed E-state index contributed by atoms with van der Waals surface area (Å²) >= 11 is 0. The highest BCUT2D eigenvalue weighted by Gasteiger charge is 2.47. The van der Waals surface area contributed by atoms with E-state index in [1.54, 1.807) is 0 Å². The van der Waals surface area contributed by atoms with Crippen molar-refractivity contribution < 1.29 is 0 Å². The van der Waals surface area contributed by atoms with Crippen LogP contribution in [0.25, 0.3) is 83.1 Å². The molecule has 0 unspecified atom stereocenters. The van der Waals surface area contributed by atoms with Crippen molar-refractivity contribution in [2.45, 2.75) is 98.3 Å². The van der Waals surface area contributed by atoms with Crippen LogP contribution >= 0.6 is 0 Å². The third-order valence-electron chi connectivity index (χ3n) is 19.4. The first-order valence-electron chi connectivity index (χ1n) is 32.6. The van der Waals surface area contributed by atoms with Crippen LogP contribution in [0.5, 0.6) is 0 Å². The van der Waals surface area contributed by atoms with Crippen molar-refractivity contribution in [3.05, 3.63) is 289 Å². The molecular formula is C87H78BN3. The SMILES string of the molecule is CC(C)c1cc2c(cc1-c1ccccc1)B1c3ccc(-n4c5ccccc5c5ccccc54)cc3N(c3c(-c4ccccc4)cc(C(C)(C)C)cc3-c3ccccc3)c3cc(C(C)(C)C)cc(c31)N2c1c(-c2ccccc2)cc(C(C)(C)C)cc1-c1ccccc1. The fraction of sp³-hybridized carbons (Fsp3) is 0.172. The highest BCUT2D eigenvalue weighted by molar-refractivity contribution is 7.00. The van der Waals surface area contributed by atoms with Gasteiger partial charge in [-0.2, -0.15) is 0 Å². The van der Waals surface area contributed by atoms with Crippen molar-refractivity contribution in [2.24, 2.45) is 0 Å².